The van der Waals surface area contributed by atoms with E-state index in [0.29, 0.717) is 6.61 Å². The molecule has 88 valence electrons. The first-order valence-electron chi connectivity index (χ1n) is 5.99. The van der Waals surface area contributed by atoms with Gasteiger partial charge in [-0.3, -0.25) is 0 Å². The quantitative estimate of drug-likeness (QED) is 0.773. The summed E-state index contributed by atoms with van der Waals surface area (Å²) in [5, 5.41) is 3.37. The lowest BCUT2D eigenvalue weighted by atomic mass is 10.2. The predicted octanol–water partition coefficient (Wildman–Crippen LogP) is 2.22. The van der Waals surface area contributed by atoms with Crippen molar-refractivity contribution >= 4 is 0 Å². The topological polar surface area (TPSA) is 30.5 Å². The Morgan fingerprint density at radius 3 is 2.88 bits per heavy atom. The maximum atomic E-state index is 5.85. The Hall–Kier alpha value is -1.22. The van der Waals surface area contributed by atoms with Crippen molar-refractivity contribution in [2.24, 2.45) is 0 Å². The molecule has 0 radical (unpaired) electrons. The molecule has 2 rings (SSSR count). The molecule has 0 spiro atoms. The summed E-state index contributed by atoms with van der Waals surface area (Å²) in [5.41, 5.74) is 0. The van der Waals surface area contributed by atoms with Crippen LogP contribution in [-0.4, -0.2) is 25.8 Å². The van der Waals surface area contributed by atoms with Gasteiger partial charge in [-0.15, -0.1) is 0 Å². The molecule has 1 atom stereocenters. The zero-order valence-electron chi connectivity index (χ0n) is 9.74. The van der Waals surface area contributed by atoms with E-state index in [9.17, 15) is 0 Å². The van der Waals surface area contributed by atoms with E-state index in [-0.39, 0.29) is 6.10 Å². The first-order valence-corrected chi connectivity index (χ1v) is 5.99. The van der Waals surface area contributed by atoms with Crippen molar-refractivity contribution < 1.29 is 9.47 Å². The summed E-state index contributed by atoms with van der Waals surface area (Å²) >= 11 is 0. The van der Waals surface area contributed by atoms with Crippen molar-refractivity contribution in [2.75, 3.05) is 19.7 Å². The van der Waals surface area contributed by atoms with Gasteiger partial charge < -0.3 is 14.8 Å². The largest absolute Gasteiger partial charge is 0.486 e. The van der Waals surface area contributed by atoms with E-state index in [0.717, 1.165) is 31.0 Å². The average Bonchev–Trinajstić information content (AvgIpc) is 2.34. The number of ether oxygens (including phenoxy) is 2. The number of para-hydroxylation sites is 2. The molecule has 0 aromatic heterocycles. The van der Waals surface area contributed by atoms with E-state index in [1.807, 2.05) is 24.3 Å². The van der Waals surface area contributed by atoms with Crippen LogP contribution in [-0.2, 0) is 0 Å². The van der Waals surface area contributed by atoms with Crippen molar-refractivity contribution in [1.82, 2.24) is 5.32 Å². The van der Waals surface area contributed by atoms with E-state index in [2.05, 4.69) is 12.2 Å². The second-order valence-corrected chi connectivity index (χ2v) is 4.04. The maximum absolute atomic E-state index is 5.85. The van der Waals surface area contributed by atoms with Crippen molar-refractivity contribution in [1.29, 1.82) is 0 Å². The predicted molar refractivity (Wildman–Crippen MR) is 64.1 cm³/mol. The van der Waals surface area contributed by atoms with E-state index < -0.39 is 0 Å². The second kappa shape index (κ2) is 5.75. The van der Waals surface area contributed by atoms with Gasteiger partial charge in [0.2, 0.25) is 0 Å². The SMILES string of the molecule is CCCNCCC1COc2ccccc2O1. The van der Waals surface area contributed by atoms with Crippen LogP contribution in [0, 0.1) is 0 Å². The highest BCUT2D eigenvalue weighted by atomic mass is 16.6. The van der Waals surface area contributed by atoms with Gasteiger partial charge in [0.15, 0.2) is 11.5 Å². The minimum absolute atomic E-state index is 0.180. The number of rotatable bonds is 5. The summed E-state index contributed by atoms with van der Waals surface area (Å²) in [7, 11) is 0. The molecule has 1 aromatic rings. The Morgan fingerprint density at radius 1 is 1.25 bits per heavy atom. The van der Waals surface area contributed by atoms with Gasteiger partial charge in [-0.25, -0.2) is 0 Å². The van der Waals surface area contributed by atoms with Gasteiger partial charge in [0.05, 0.1) is 0 Å². The van der Waals surface area contributed by atoms with Crippen LogP contribution >= 0.6 is 0 Å². The Kier molecular flexibility index (Phi) is 4.05. The summed E-state index contributed by atoms with van der Waals surface area (Å²) < 4.78 is 11.5. The molecule has 1 aliphatic rings. The standard InChI is InChI=1S/C13H19NO2/c1-2-8-14-9-7-11-10-15-12-5-3-4-6-13(12)16-11/h3-6,11,14H,2,7-10H2,1H3. The molecule has 1 unspecified atom stereocenters. The fraction of sp³-hybridized carbons (Fsp3) is 0.538. The molecular formula is C13H19NO2. The molecule has 0 fully saturated rings. The minimum Gasteiger partial charge on any atom is -0.486 e. The zero-order chi connectivity index (χ0) is 11.2. The Morgan fingerprint density at radius 2 is 2.06 bits per heavy atom. The summed E-state index contributed by atoms with van der Waals surface area (Å²) in [6, 6.07) is 7.84. The van der Waals surface area contributed by atoms with Crippen LogP contribution in [0.4, 0.5) is 0 Å². The lowest BCUT2D eigenvalue weighted by Gasteiger charge is -2.26. The van der Waals surface area contributed by atoms with Gasteiger partial charge in [0, 0.05) is 6.42 Å². The van der Waals surface area contributed by atoms with Gasteiger partial charge in [-0.1, -0.05) is 19.1 Å². The van der Waals surface area contributed by atoms with Crippen molar-refractivity contribution in [2.45, 2.75) is 25.9 Å². The number of fused-ring (bicyclic) bond motifs is 1. The third-order valence-corrected chi connectivity index (χ3v) is 2.64. The number of nitrogens with one attached hydrogen (secondary N) is 1. The first-order chi connectivity index (χ1) is 7.90. The third-order valence-electron chi connectivity index (χ3n) is 2.64. The van der Waals surface area contributed by atoms with Crippen LogP contribution in [0.2, 0.25) is 0 Å². The molecule has 3 nitrogen and oxygen atoms in total. The maximum Gasteiger partial charge on any atom is 0.161 e. The van der Waals surface area contributed by atoms with Crippen LogP contribution in [0.1, 0.15) is 19.8 Å². The van der Waals surface area contributed by atoms with Crippen LogP contribution in [0.15, 0.2) is 24.3 Å². The van der Waals surface area contributed by atoms with Gasteiger partial charge in [-0.05, 0) is 31.6 Å². The van der Waals surface area contributed by atoms with Crippen molar-refractivity contribution in [3.8, 4) is 11.5 Å². The number of hydrogen-bond donors (Lipinski definition) is 1. The van der Waals surface area contributed by atoms with Crippen LogP contribution in [0.3, 0.4) is 0 Å². The van der Waals surface area contributed by atoms with Crippen molar-refractivity contribution in [3.05, 3.63) is 24.3 Å². The van der Waals surface area contributed by atoms with Gasteiger partial charge in [0.25, 0.3) is 0 Å². The van der Waals surface area contributed by atoms with Gasteiger partial charge >= 0.3 is 0 Å². The Bertz CT molecular complexity index is 327. The fourth-order valence-electron chi connectivity index (χ4n) is 1.77. The highest BCUT2D eigenvalue weighted by Crippen LogP contribution is 2.31. The van der Waals surface area contributed by atoms with E-state index in [1.165, 1.54) is 6.42 Å². The van der Waals surface area contributed by atoms with Gasteiger partial charge in [-0.2, -0.15) is 0 Å². The molecule has 0 amide bonds. The number of benzene rings is 1. The zero-order valence-corrected chi connectivity index (χ0v) is 9.74. The third kappa shape index (κ3) is 2.89. The minimum atomic E-state index is 0.180. The average molecular weight is 221 g/mol. The van der Waals surface area contributed by atoms with E-state index in [4.69, 9.17) is 9.47 Å². The lowest BCUT2D eigenvalue weighted by molar-refractivity contribution is 0.0850. The number of hydrogen-bond acceptors (Lipinski definition) is 3. The highest BCUT2D eigenvalue weighted by molar-refractivity contribution is 5.40. The van der Waals surface area contributed by atoms with Crippen LogP contribution in [0.25, 0.3) is 0 Å². The second-order valence-electron chi connectivity index (χ2n) is 4.04. The fourth-order valence-corrected chi connectivity index (χ4v) is 1.77. The molecule has 3 heteroatoms. The smallest absolute Gasteiger partial charge is 0.161 e. The molecule has 0 bridgehead atoms. The monoisotopic (exact) mass is 221 g/mol. The summed E-state index contributed by atoms with van der Waals surface area (Å²) in [6.45, 7) is 4.89. The van der Waals surface area contributed by atoms with E-state index >= 15 is 0 Å². The molecule has 1 heterocycles. The molecule has 0 saturated carbocycles. The Balaban J connectivity index is 1.79. The van der Waals surface area contributed by atoms with Crippen LogP contribution < -0.4 is 14.8 Å². The molecular weight excluding hydrogens is 202 g/mol. The molecule has 1 aromatic carbocycles. The summed E-state index contributed by atoms with van der Waals surface area (Å²) in [5.74, 6) is 1.73. The summed E-state index contributed by atoms with van der Waals surface area (Å²) in [6.07, 6.45) is 2.35. The lowest BCUT2D eigenvalue weighted by Crippen LogP contribution is -2.32. The highest BCUT2D eigenvalue weighted by Gasteiger charge is 2.19. The van der Waals surface area contributed by atoms with Crippen LogP contribution in [0.5, 0.6) is 11.5 Å². The van der Waals surface area contributed by atoms with E-state index in [1.54, 1.807) is 0 Å². The summed E-state index contributed by atoms with van der Waals surface area (Å²) in [4.78, 5) is 0. The Labute approximate surface area is 96.8 Å². The molecule has 0 aliphatic carbocycles. The van der Waals surface area contributed by atoms with Gasteiger partial charge in [0.1, 0.15) is 12.7 Å². The molecule has 16 heavy (non-hydrogen) atoms. The normalized spacial score (nSPS) is 18.4. The first kappa shape index (κ1) is 11.3. The molecule has 1 aliphatic heterocycles. The van der Waals surface area contributed by atoms with Crippen molar-refractivity contribution in [3.63, 3.8) is 0 Å². The molecule has 1 N–H and O–H groups in total. The molecule has 0 saturated heterocycles.